The molecule has 1 saturated carbocycles. The Morgan fingerprint density at radius 2 is 2.09 bits per heavy atom. The van der Waals surface area contributed by atoms with E-state index in [9.17, 15) is 22.4 Å². The van der Waals surface area contributed by atoms with E-state index in [2.05, 4.69) is 20.0 Å². The van der Waals surface area contributed by atoms with Crippen LogP contribution in [0.2, 0.25) is 0 Å². The van der Waals surface area contributed by atoms with Crippen LogP contribution in [-0.4, -0.2) is 67.7 Å². The van der Waals surface area contributed by atoms with Gasteiger partial charge in [-0.2, -0.15) is 24.5 Å². The summed E-state index contributed by atoms with van der Waals surface area (Å²) in [7, 11) is -2.33. The number of aromatic nitrogens is 4. The summed E-state index contributed by atoms with van der Waals surface area (Å²) in [6.07, 6.45) is 8.22. The molecule has 0 aromatic carbocycles. The fourth-order valence-corrected chi connectivity index (χ4v) is 5.75. The highest BCUT2D eigenvalue weighted by Crippen LogP contribution is 2.37. The number of allylic oxidation sites excluding steroid dienone is 2. The third kappa shape index (κ3) is 4.36. The smallest absolute Gasteiger partial charge is 0.282 e. The number of hydrogen-bond acceptors (Lipinski definition) is 6. The van der Waals surface area contributed by atoms with Gasteiger partial charge in [0.2, 0.25) is 10.0 Å². The van der Waals surface area contributed by atoms with E-state index in [4.69, 9.17) is 0 Å². The molecule has 2 aromatic rings. The molecule has 1 aliphatic heterocycles. The van der Waals surface area contributed by atoms with Crippen LogP contribution < -0.4 is 4.72 Å². The number of fused-ring (bicyclic) bond motifs is 1. The first-order valence-electron chi connectivity index (χ1n) is 11.1. The highest BCUT2D eigenvalue weighted by atomic mass is 32.2. The van der Waals surface area contributed by atoms with E-state index in [-0.39, 0.29) is 18.0 Å². The molecule has 13 heteroatoms. The molecule has 1 atom stereocenters. The second kappa shape index (κ2) is 8.34. The molecule has 35 heavy (non-hydrogen) atoms. The Morgan fingerprint density at radius 3 is 2.69 bits per heavy atom. The summed E-state index contributed by atoms with van der Waals surface area (Å²) < 4.78 is 44.7. The quantitative estimate of drug-likeness (QED) is 0.519. The maximum atomic E-state index is 13.5. The molecule has 0 saturated heterocycles. The van der Waals surface area contributed by atoms with Crippen LogP contribution in [0, 0.1) is 12.8 Å². The van der Waals surface area contributed by atoms with Crippen LogP contribution >= 0.6 is 0 Å². The summed E-state index contributed by atoms with van der Waals surface area (Å²) in [6, 6.07) is 1.25. The number of aromatic amines is 1. The summed E-state index contributed by atoms with van der Waals surface area (Å²) in [5, 5.41) is 11.1. The minimum absolute atomic E-state index is 0.0196. The standard InChI is InChI=1S/C22H25FN7O4S/c1-14-7-16(26-25-14)12-29-19-4-3-17(35(33,34)27-22(13-23)5-6-22)8-18(19)20(31)30(21(29)32)11-15-9-24-28(2)10-15/h3-4,7-10,18,27H,5-6,11-13H2,1-2H3,(H,25,26)/q+1. The second-order valence-corrected chi connectivity index (χ2v) is 10.9. The number of urea groups is 1. The van der Waals surface area contributed by atoms with E-state index < -0.39 is 40.1 Å². The van der Waals surface area contributed by atoms with Gasteiger partial charge in [0.1, 0.15) is 37.1 Å². The van der Waals surface area contributed by atoms with Crippen LogP contribution in [0.4, 0.5) is 9.18 Å². The third-order valence-corrected chi connectivity index (χ3v) is 7.92. The molecule has 2 aromatic heterocycles. The number of carbonyl (C=O) groups excluding carboxylic acids is 2. The molecule has 184 valence electrons. The van der Waals surface area contributed by atoms with E-state index in [0.717, 1.165) is 10.6 Å². The lowest BCUT2D eigenvalue weighted by molar-refractivity contribution is -0.457. The maximum absolute atomic E-state index is 13.5. The summed E-state index contributed by atoms with van der Waals surface area (Å²) in [5.41, 5.74) is 1.34. The zero-order chi connectivity index (χ0) is 25.0. The molecule has 5 rings (SSSR count). The first kappa shape index (κ1) is 23.3. The highest BCUT2D eigenvalue weighted by molar-refractivity contribution is 7.93. The van der Waals surface area contributed by atoms with Crippen molar-refractivity contribution >= 4 is 27.7 Å². The van der Waals surface area contributed by atoms with Gasteiger partial charge in [0.05, 0.1) is 16.6 Å². The molecule has 0 spiro atoms. The van der Waals surface area contributed by atoms with Crippen LogP contribution in [0.5, 0.6) is 0 Å². The SMILES string of the molecule is Cc1cc(C[N+]2=C3C=CC(S(=O)(=O)NC4(CF)CC4)=CC3C(=O)N(Cc3cnn(C)c3)C2=O)n[nH]1. The number of H-pyrrole nitrogens is 1. The number of nitrogens with zero attached hydrogens (tertiary/aromatic N) is 5. The monoisotopic (exact) mass is 502 g/mol. The number of carbonyl (C=O) groups is 2. The zero-order valence-electron chi connectivity index (χ0n) is 19.2. The molecule has 11 nitrogen and oxygen atoms in total. The number of nitrogens with one attached hydrogen (secondary N) is 2. The van der Waals surface area contributed by atoms with Crippen LogP contribution in [0.25, 0.3) is 0 Å². The molecule has 1 fully saturated rings. The fourth-order valence-electron chi connectivity index (χ4n) is 4.25. The Hall–Kier alpha value is -3.45. The van der Waals surface area contributed by atoms with Crippen molar-refractivity contribution in [1.82, 2.24) is 29.6 Å². The molecular formula is C22H25FN7O4S+. The van der Waals surface area contributed by atoms with Gasteiger partial charge in [-0.25, -0.2) is 22.3 Å². The molecule has 2 N–H and O–H groups in total. The third-order valence-electron chi connectivity index (χ3n) is 6.32. The summed E-state index contributed by atoms with van der Waals surface area (Å²) >= 11 is 0. The normalized spacial score (nSPS) is 21.4. The van der Waals surface area contributed by atoms with E-state index >= 15 is 0 Å². The number of rotatable bonds is 8. The summed E-state index contributed by atoms with van der Waals surface area (Å²) in [5.74, 6) is -1.56. The largest absolute Gasteiger partial charge is 0.501 e. The number of halogens is 1. The first-order chi connectivity index (χ1) is 16.6. The lowest BCUT2D eigenvalue weighted by Gasteiger charge is -2.27. The zero-order valence-corrected chi connectivity index (χ0v) is 20.0. The van der Waals surface area contributed by atoms with Crippen molar-refractivity contribution in [2.75, 3.05) is 6.67 Å². The van der Waals surface area contributed by atoms with Crippen LogP contribution in [0.1, 0.15) is 29.8 Å². The van der Waals surface area contributed by atoms with Gasteiger partial charge in [-0.3, -0.25) is 9.78 Å². The molecule has 3 amide bonds. The topological polar surface area (TPSA) is 133 Å². The average molecular weight is 503 g/mol. The number of imide groups is 1. The first-order valence-corrected chi connectivity index (χ1v) is 12.6. The van der Waals surface area contributed by atoms with Crippen molar-refractivity contribution in [1.29, 1.82) is 0 Å². The Morgan fingerprint density at radius 1 is 1.31 bits per heavy atom. The number of alkyl halides is 1. The molecule has 0 bridgehead atoms. The van der Waals surface area contributed by atoms with Crippen molar-refractivity contribution in [3.63, 3.8) is 0 Å². The Kier molecular flexibility index (Phi) is 5.55. The van der Waals surface area contributed by atoms with Gasteiger partial charge in [0.15, 0.2) is 0 Å². The van der Waals surface area contributed by atoms with Crippen molar-refractivity contribution < 1.29 is 27.0 Å². The number of amides is 3. The number of sulfonamides is 1. The van der Waals surface area contributed by atoms with Crippen LogP contribution in [0.15, 0.2) is 41.6 Å². The van der Waals surface area contributed by atoms with E-state index in [0.29, 0.717) is 29.8 Å². The van der Waals surface area contributed by atoms with Gasteiger partial charge in [-0.05, 0) is 44.1 Å². The average Bonchev–Trinajstić information content (AvgIpc) is 3.26. The fraction of sp³-hybridized carbons (Fsp3) is 0.409. The predicted molar refractivity (Wildman–Crippen MR) is 122 cm³/mol. The van der Waals surface area contributed by atoms with Gasteiger partial charge in [-0.15, -0.1) is 0 Å². The molecule has 3 heterocycles. The van der Waals surface area contributed by atoms with Gasteiger partial charge in [-0.1, -0.05) is 0 Å². The van der Waals surface area contributed by atoms with Gasteiger partial charge in [0.25, 0.3) is 0 Å². The van der Waals surface area contributed by atoms with Crippen molar-refractivity contribution in [3.05, 3.63) is 58.5 Å². The van der Waals surface area contributed by atoms with Crippen molar-refractivity contribution in [2.24, 2.45) is 13.0 Å². The van der Waals surface area contributed by atoms with Crippen molar-refractivity contribution in [3.8, 4) is 0 Å². The van der Waals surface area contributed by atoms with E-state index in [1.807, 2.05) is 6.92 Å². The Balaban J connectivity index is 1.53. The van der Waals surface area contributed by atoms with Crippen LogP contribution in [0.3, 0.4) is 0 Å². The lowest BCUT2D eigenvalue weighted by atomic mass is 9.94. The summed E-state index contributed by atoms with van der Waals surface area (Å²) in [4.78, 5) is 27.9. The molecule has 2 aliphatic carbocycles. The minimum Gasteiger partial charge on any atom is -0.282 e. The Labute approximate surface area is 201 Å². The van der Waals surface area contributed by atoms with Gasteiger partial charge in [0, 0.05) is 24.5 Å². The van der Waals surface area contributed by atoms with Crippen molar-refractivity contribution in [2.45, 2.75) is 38.4 Å². The second-order valence-electron chi connectivity index (χ2n) is 9.18. The Bertz CT molecular complexity index is 1410. The van der Waals surface area contributed by atoms with Gasteiger partial charge < -0.3 is 0 Å². The molecular weight excluding hydrogens is 477 g/mol. The van der Waals surface area contributed by atoms with Crippen LogP contribution in [-0.2, 0) is 35.0 Å². The van der Waals surface area contributed by atoms with E-state index in [1.54, 1.807) is 30.2 Å². The number of aryl methyl sites for hydroxylation is 2. The molecule has 0 radical (unpaired) electrons. The highest BCUT2D eigenvalue weighted by Gasteiger charge is 2.50. The van der Waals surface area contributed by atoms with E-state index in [1.165, 1.54) is 22.8 Å². The summed E-state index contributed by atoms with van der Waals surface area (Å²) in [6.45, 7) is 1.11. The maximum Gasteiger partial charge on any atom is 0.501 e. The lowest BCUT2D eigenvalue weighted by Crippen LogP contribution is -2.54. The molecule has 1 unspecified atom stereocenters. The predicted octanol–water partition coefficient (Wildman–Crippen LogP) is 1.06. The minimum atomic E-state index is -4.06. The van der Waals surface area contributed by atoms with Gasteiger partial charge >= 0.3 is 11.9 Å². The number of hydrogen-bond donors (Lipinski definition) is 2. The molecule has 3 aliphatic rings.